The van der Waals surface area contributed by atoms with Crippen molar-refractivity contribution in [2.45, 2.75) is 13.5 Å². The van der Waals surface area contributed by atoms with Crippen molar-refractivity contribution in [3.05, 3.63) is 65.0 Å². The lowest BCUT2D eigenvalue weighted by atomic mass is 10.1. The van der Waals surface area contributed by atoms with Gasteiger partial charge in [0.25, 0.3) is 0 Å². The van der Waals surface area contributed by atoms with E-state index in [0.717, 1.165) is 5.69 Å². The molecule has 18 heavy (non-hydrogen) atoms. The van der Waals surface area contributed by atoms with Crippen LogP contribution in [-0.4, -0.2) is 0 Å². The van der Waals surface area contributed by atoms with Crippen molar-refractivity contribution in [1.82, 2.24) is 0 Å². The summed E-state index contributed by atoms with van der Waals surface area (Å²) in [6, 6.07) is 14.2. The monoisotopic (exact) mass is 240 g/mol. The summed E-state index contributed by atoms with van der Waals surface area (Å²) in [4.78, 5) is 0. The molecule has 0 unspecified atom stereocenters. The third-order valence-electron chi connectivity index (χ3n) is 2.72. The molecular weight excluding hydrogens is 227 g/mol. The van der Waals surface area contributed by atoms with Gasteiger partial charge in [-0.15, -0.1) is 0 Å². The number of aryl methyl sites for hydroxylation is 1. The van der Waals surface area contributed by atoms with Crippen LogP contribution < -0.4 is 5.32 Å². The number of nitriles is 1. The summed E-state index contributed by atoms with van der Waals surface area (Å²) in [5, 5.41) is 12.1. The van der Waals surface area contributed by atoms with Crippen molar-refractivity contribution in [2.75, 3.05) is 5.32 Å². The molecule has 0 amide bonds. The maximum Gasteiger partial charge on any atom is 0.123 e. The van der Waals surface area contributed by atoms with Crippen molar-refractivity contribution < 1.29 is 4.39 Å². The van der Waals surface area contributed by atoms with Crippen molar-refractivity contribution in [1.29, 1.82) is 5.26 Å². The fourth-order valence-corrected chi connectivity index (χ4v) is 1.69. The molecule has 2 rings (SSSR count). The number of nitrogens with zero attached hydrogens (tertiary/aromatic N) is 1. The molecule has 0 atom stereocenters. The van der Waals surface area contributed by atoms with Gasteiger partial charge in [-0.3, -0.25) is 0 Å². The molecule has 2 aromatic carbocycles. The van der Waals surface area contributed by atoms with Crippen LogP contribution in [0.5, 0.6) is 0 Å². The topological polar surface area (TPSA) is 35.8 Å². The van der Waals surface area contributed by atoms with Crippen molar-refractivity contribution in [3.8, 4) is 6.07 Å². The number of anilines is 1. The molecule has 1 N–H and O–H groups in total. The minimum Gasteiger partial charge on any atom is -0.381 e. The van der Waals surface area contributed by atoms with Gasteiger partial charge >= 0.3 is 0 Å². The van der Waals surface area contributed by atoms with Crippen LogP contribution in [0, 0.1) is 24.1 Å². The van der Waals surface area contributed by atoms with Crippen LogP contribution in [0.15, 0.2) is 42.5 Å². The zero-order valence-electron chi connectivity index (χ0n) is 10.1. The summed E-state index contributed by atoms with van der Waals surface area (Å²) >= 11 is 0. The fourth-order valence-electron chi connectivity index (χ4n) is 1.69. The summed E-state index contributed by atoms with van der Waals surface area (Å²) in [5.74, 6) is -0.324. The molecule has 0 bridgehead atoms. The predicted molar refractivity (Wildman–Crippen MR) is 69.6 cm³/mol. The molecule has 0 saturated heterocycles. The van der Waals surface area contributed by atoms with Gasteiger partial charge in [-0.05, 0) is 42.8 Å². The molecule has 0 fully saturated rings. The van der Waals surface area contributed by atoms with Crippen LogP contribution in [0.25, 0.3) is 0 Å². The van der Waals surface area contributed by atoms with E-state index >= 15 is 0 Å². The first-order valence-electron chi connectivity index (χ1n) is 5.68. The van der Waals surface area contributed by atoms with Gasteiger partial charge in [0, 0.05) is 12.2 Å². The molecular formula is C15H13FN2. The number of hydrogen-bond acceptors (Lipinski definition) is 2. The largest absolute Gasteiger partial charge is 0.381 e. The third-order valence-corrected chi connectivity index (χ3v) is 2.72. The summed E-state index contributed by atoms with van der Waals surface area (Å²) in [6.45, 7) is 2.45. The number of benzene rings is 2. The van der Waals surface area contributed by atoms with Gasteiger partial charge in [-0.1, -0.05) is 17.7 Å². The van der Waals surface area contributed by atoms with E-state index in [1.807, 2.05) is 31.2 Å². The van der Waals surface area contributed by atoms with Gasteiger partial charge in [-0.25, -0.2) is 4.39 Å². The van der Waals surface area contributed by atoms with Crippen LogP contribution in [-0.2, 0) is 6.54 Å². The normalized spacial score (nSPS) is 9.83. The molecule has 3 heteroatoms. The molecule has 0 aromatic heterocycles. The van der Waals surface area contributed by atoms with Crippen LogP contribution in [0.1, 0.15) is 16.7 Å². The summed E-state index contributed by atoms with van der Waals surface area (Å²) in [6.07, 6.45) is 0. The lowest BCUT2D eigenvalue weighted by molar-refractivity contribution is 0.625. The second-order valence-electron chi connectivity index (χ2n) is 4.13. The van der Waals surface area contributed by atoms with Crippen LogP contribution >= 0.6 is 0 Å². The average molecular weight is 240 g/mol. The number of rotatable bonds is 3. The second-order valence-corrected chi connectivity index (χ2v) is 4.13. The summed E-state index contributed by atoms with van der Waals surface area (Å²) in [5.41, 5.74) is 3.30. The second kappa shape index (κ2) is 5.33. The molecule has 0 aliphatic rings. The average Bonchev–Trinajstić information content (AvgIpc) is 2.38. The Bertz CT molecular complexity index is 582. The van der Waals surface area contributed by atoms with E-state index in [1.165, 1.54) is 23.8 Å². The zero-order chi connectivity index (χ0) is 13.0. The number of nitrogens with one attached hydrogen (secondary N) is 1. The Kier molecular flexibility index (Phi) is 3.59. The van der Waals surface area contributed by atoms with Gasteiger partial charge in [0.15, 0.2) is 0 Å². The van der Waals surface area contributed by atoms with Gasteiger partial charge in [0.05, 0.1) is 11.6 Å². The molecule has 0 aliphatic carbocycles. The van der Waals surface area contributed by atoms with Crippen LogP contribution in [0.4, 0.5) is 10.1 Å². The minimum atomic E-state index is -0.324. The Morgan fingerprint density at radius 3 is 2.56 bits per heavy atom. The maximum absolute atomic E-state index is 13.1. The van der Waals surface area contributed by atoms with Crippen molar-refractivity contribution in [3.63, 3.8) is 0 Å². The Hall–Kier alpha value is -2.34. The van der Waals surface area contributed by atoms with E-state index in [1.54, 1.807) is 0 Å². The van der Waals surface area contributed by atoms with E-state index < -0.39 is 0 Å². The first-order chi connectivity index (χ1) is 8.69. The Morgan fingerprint density at radius 2 is 1.89 bits per heavy atom. The number of hydrogen-bond donors (Lipinski definition) is 1. The number of halogens is 1. The van der Waals surface area contributed by atoms with Gasteiger partial charge in [0.1, 0.15) is 5.82 Å². The smallest absolute Gasteiger partial charge is 0.123 e. The SMILES string of the molecule is Cc1ccc(NCc2cc(F)ccc2C#N)cc1. The molecule has 0 aliphatic heterocycles. The van der Waals surface area contributed by atoms with E-state index in [-0.39, 0.29) is 5.82 Å². The first kappa shape index (κ1) is 12.1. The Morgan fingerprint density at radius 1 is 1.17 bits per heavy atom. The molecule has 0 heterocycles. The minimum absolute atomic E-state index is 0.324. The fraction of sp³-hybridized carbons (Fsp3) is 0.133. The molecule has 0 spiro atoms. The predicted octanol–water partition coefficient (Wildman–Crippen LogP) is 3.62. The van der Waals surface area contributed by atoms with Gasteiger partial charge in [-0.2, -0.15) is 5.26 Å². The van der Waals surface area contributed by atoms with Crippen LogP contribution in [0.2, 0.25) is 0 Å². The highest BCUT2D eigenvalue weighted by Crippen LogP contribution is 2.14. The Labute approximate surface area is 106 Å². The Balaban J connectivity index is 2.13. The van der Waals surface area contributed by atoms with Crippen molar-refractivity contribution >= 4 is 5.69 Å². The highest BCUT2D eigenvalue weighted by molar-refractivity contribution is 5.47. The van der Waals surface area contributed by atoms with E-state index in [4.69, 9.17) is 5.26 Å². The standard InChI is InChI=1S/C15H13FN2/c1-11-2-6-15(7-3-11)18-10-13-8-14(16)5-4-12(13)9-17/h2-8,18H,10H2,1H3. The van der Waals surface area contributed by atoms with E-state index in [0.29, 0.717) is 17.7 Å². The summed E-state index contributed by atoms with van der Waals surface area (Å²) < 4.78 is 13.1. The van der Waals surface area contributed by atoms with Crippen LogP contribution in [0.3, 0.4) is 0 Å². The maximum atomic E-state index is 13.1. The molecule has 0 saturated carbocycles. The lowest BCUT2D eigenvalue weighted by Crippen LogP contribution is -2.02. The molecule has 2 aromatic rings. The van der Waals surface area contributed by atoms with E-state index in [9.17, 15) is 4.39 Å². The summed E-state index contributed by atoms with van der Waals surface area (Å²) in [7, 11) is 0. The molecule has 2 nitrogen and oxygen atoms in total. The van der Waals surface area contributed by atoms with Gasteiger partial charge < -0.3 is 5.32 Å². The highest BCUT2D eigenvalue weighted by Gasteiger charge is 2.03. The molecule has 90 valence electrons. The van der Waals surface area contributed by atoms with Crippen molar-refractivity contribution in [2.24, 2.45) is 0 Å². The highest BCUT2D eigenvalue weighted by atomic mass is 19.1. The quantitative estimate of drug-likeness (QED) is 0.889. The molecule has 0 radical (unpaired) electrons. The van der Waals surface area contributed by atoms with Gasteiger partial charge in [0.2, 0.25) is 0 Å². The zero-order valence-corrected chi connectivity index (χ0v) is 10.1. The van der Waals surface area contributed by atoms with E-state index in [2.05, 4.69) is 11.4 Å². The third kappa shape index (κ3) is 2.86. The lowest BCUT2D eigenvalue weighted by Gasteiger charge is -2.08. The first-order valence-corrected chi connectivity index (χ1v) is 5.68.